The molecular formula is C26H23N3O4S. The van der Waals surface area contributed by atoms with Crippen LogP contribution in [0.2, 0.25) is 0 Å². The van der Waals surface area contributed by atoms with Gasteiger partial charge in [-0.1, -0.05) is 54.2 Å². The molecular weight excluding hydrogens is 450 g/mol. The molecule has 0 radical (unpaired) electrons. The average molecular weight is 474 g/mol. The lowest BCUT2D eigenvalue weighted by Gasteiger charge is -2.09. The number of hydrogen-bond donors (Lipinski definition) is 1. The number of benzene rings is 3. The second-order valence-corrected chi connectivity index (χ2v) is 9.21. The molecule has 0 spiro atoms. The number of ether oxygens (including phenoxy) is 2. The van der Waals surface area contributed by atoms with Crippen LogP contribution in [0.15, 0.2) is 72.8 Å². The van der Waals surface area contributed by atoms with Gasteiger partial charge in [-0.25, -0.2) is 4.98 Å². The second-order valence-electron chi connectivity index (χ2n) is 8.03. The lowest BCUT2D eigenvalue weighted by Crippen LogP contribution is -2.25. The number of nitrogens with one attached hydrogen (secondary N) is 1. The first-order valence-corrected chi connectivity index (χ1v) is 11.8. The predicted molar refractivity (Wildman–Crippen MR) is 131 cm³/mol. The van der Waals surface area contributed by atoms with Crippen molar-refractivity contribution in [2.75, 3.05) is 0 Å². The van der Waals surface area contributed by atoms with E-state index in [0.29, 0.717) is 25.4 Å². The minimum atomic E-state index is -0.374. The summed E-state index contributed by atoms with van der Waals surface area (Å²) in [5.74, 6) is 2.07. The monoisotopic (exact) mass is 473 g/mol. The summed E-state index contributed by atoms with van der Waals surface area (Å²) in [6, 6.07) is 23.5. The van der Waals surface area contributed by atoms with Crippen LogP contribution in [0.1, 0.15) is 17.0 Å². The zero-order chi connectivity index (χ0) is 23.5. The molecule has 2 heterocycles. The van der Waals surface area contributed by atoms with Crippen molar-refractivity contribution in [2.24, 2.45) is 7.05 Å². The van der Waals surface area contributed by atoms with Crippen molar-refractivity contribution < 1.29 is 19.1 Å². The number of carbonyl (C=O) groups excluding carboxylic acids is 2. The molecule has 2 amide bonds. The van der Waals surface area contributed by atoms with Crippen molar-refractivity contribution in [3.63, 3.8) is 0 Å². The Balaban J connectivity index is 1.21. The third kappa shape index (κ3) is 4.92. The van der Waals surface area contributed by atoms with Crippen molar-refractivity contribution in [2.45, 2.75) is 24.9 Å². The van der Waals surface area contributed by atoms with Crippen molar-refractivity contribution in [1.82, 2.24) is 14.9 Å². The van der Waals surface area contributed by atoms with Gasteiger partial charge in [-0.05, 0) is 41.8 Å². The van der Waals surface area contributed by atoms with Gasteiger partial charge in [-0.2, -0.15) is 0 Å². The van der Waals surface area contributed by atoms with Crippen molar-refractivity contribution in [3.8, 4) is 11.5 Å². The smallest absolute Gasteiger partial charge is 0.286 e. The molecule has 8 heteroatoms. The van der Waals surface area contributed by atoms with Crippen LogP contribution in [-0.2, 0) is 31.5 Å². The fourth-order valence-electron chi connectivity index (χ4n) is 3.79. The summed E-state index contributed by atoms with van der Waals surface area (Å²) in [6.45, 7) is 0.830. The number of rotatable bonds is 8. The van der Waals surface area contributed by atoms with Gasteiger partial charge >= 0.3 is 0 Å². The standard InChI is InChI=1S/C26H23N3O4S/c1-29-22-14-20(32-15-18-5-3-2-4-6-18)11-12-21(22)27-24(29)16-33-19-9-7-17(8-10-19)13-23-25(30)28-26(31)34-23/h2-12,14,23H,13,15-16H2,1H3,(H,28,30,31). The van der Waals surface area contributed by atoms with Crippen LogP contribution < -0.4 is 14.8 Å². The number of fused-ring (bicyclic) bond motifs is 1. The van der Waals surface area contributed by atoms with Gasteiger partial charge in [-0.15, -0.1) is 0 Å². The van der Waals surface area contributed by atoms with Gasteiger partial charge in [-0.3, -0.25) is 14.9 Å². The van der Waals surface area contributed by atoms with Gasteiger partial charge in [0.2, 0.25) is 5.91 Å². The molecule has 4 aromatic rings. The second kappa shape index (κ2) is 9.61. The number of amides is 2. The number of imidazole rings is 1. The Morgan fingerprint density at radius 3 is 2.38 bits per heavy atom. The van der Waals surface area contributed by atoms with E-state index in [1.165, 1.54) is 0 Å². The highest BCUT2D eigenvalue weighted by Gasteiger charge is 2.31. The normalized spacial score (nSPS) is 15.5. The Bertz CT molecular complexity index is 1340. The number of hydrogen-bond acceptors (Lipinski definition) is 6. The Kier molecular flexibility index (Phi) is 6.22. The SMILES string of the molecule is Cn1c(COc2ccc(CC3SC(=O)NC3=O)cc2)nc2ccc(OCc3ccccc3)cc21. The van der Waals surface area contributed by atoms with Gasteiger partial charge in [0.05, 0.1) is 16.3 Å². The molecule has 34 heavy (non-hydrogen) atoms. The summed E-state index contributed by atoms with van der Waals surface area (Å²) < 4.78 is 13.9. The van der Waals surface area contributed by atoms with Gasteiger partial charge in [0.15, 0.2) is 0 Å². The van der Waals surface area contributed by atoms with Crippen LogP contribution in [0.5, 0.6) is 11.5 Å². The lowest BCUT2D eigenvalue weighted by molar-refractivity contribution is -0.118. The summed E-state index contributed by atoms with van der Waals surface area (Å²) in [7, 11) is 1.96. The maximum Gasteiger partial charge on any atom is 0.286 e. The van der Waals surface area contributed by atoms with E-state index >= 15 is 0 Å². The topological polar surface area (TPSA) is 82.5 Å². The van der Waals surface area contributed by atoms with Gasteiger partial charge in [0, 0.05) is 13.1 Å². The lowest BCUT2D eigenvalue weighted by atomic mass is 10.1. The number of aromatic nitrogens is 2. The summed E-state index contributed by atoms with van der Waals surface area (Å²) in [6.07, 6.45) is 0.502. The molecule has 1 aliphatic heterocycles. The molecule has 0 aliphatic carbocycles. The number of thioether (sulfide) groups is 1. The Morgan fingerprint density at radius 2 is 1.65 bits per heavy atom. The third-order valence-electron chi connectivity index (χ3n) is 5.67. The molecule has 1 atom stereocenters. The highest BCUT2D eigenvalue weighted by Crippen LogP contribution is 2.25. The molecule has 1 saturated heterocycles. The first kappa shape index (κ1) is 22.0. The first-order chi connectivity index (χ1) is 16.5. The van der Waals surface area contributed by atoms with Crippen molar-refractivity contribution in [3.05, 3.63) is 89.7 Å². The van der Waals surface area contributed by atoms with E-state index in [1.807, 2.05) is 84.4 Å². The summed E-state index contributed by atoms with van der Waals surface area (Å²) in [5.41, 5.74) is 3.94. The fraction of sp³-hybridized carbons (Fsp3) is 0.192. The molecule has 3 aromatic carbocycles. The van der Waals surface area contributed by atoms with Gasteiger partial charge < -0.3 is 14.0 Å². The largest absolute Gasteiger partial charge is 0.489 e. The zero-order valence-electron chi connectivity index (χ0n) is 18.6. The molecule has 1 N–H and O–H groups in total. The Labute approximate surface area is 201 Å². The van der Waals surface area contributed by atoms with Crippen LogP contribution in [0.4, 0.5) is 4.79 Å². The van der Waals surface area contributed by atoms with Crippen LogP contribution >= 0.6 is 11.8 Å². The van der Waals surface area contributed by atoms with Gasteiger partial charge in [0.25, 0.3) is 5.24 Å². The molecule has 7 nitrogen and oxygen atoms in total. The van der Waals surface area contributed by atoms with E-state index in [1.54, 1.807) is 0 Å². The average Bonchev–Trinajstić information content (AvgIpc) is 3.34. The molecule has 0 saturated carbocycles. The third-order valence-corrected chi connectivity index (χ3v) is 6.65. The molecule has 172 valence electrons. The number of aryl methyl sites for hydroxylation is 1. The summed E-state index contributed by atoms with van der Waals surface area (Å²) in [4.78, 5) is 27.8. The molecule has 1 unspecified atom stereocenters. The van der Waals surface area contributed by atoms with E-state index in [9.17, 15) is 9.59 Å². The maximum atomic E-state index is 11.7. The summed E-state index contributed by atoms with van der Waals surface area (Å²) in [5, 5.41) is 1.66. The van der Waals surface area contributed by atoms with Gasteiger partial charge in [0.1, 0.15) is 30.5 Å². The van der Waals surface area contributed by atoms with E-state index in [2.05, 4.69) is 5.32 Å². The van der Waals surface area contributed by atoms with Crippen LogP contribution in [-0.4, -0.2) is 25.9 Å². The number of imide groups is 1. The Hall–Kier alpha value is -3.78. The van der Waals surface area contributed by atoms with E-state index in [4.69, 9.17) is 14.5 Å². The first-order valence-electron chi connectivity index (χ1n) is 10.9. The molecule has 5 rings (SSSR count). The molecule has 0 bridgehead atoms. The van der Waals surface area contributed by atoms with Crippen LogP contribution in [0.25, 0.3) is 11.0 Å². The Morgan fingerprint density at radius 1 is 0.912 bits per heavy atom. The van der Waals surface area contributed by atoms with E-state index in [0.717, 1.165) is 45.5 Å². The van der Waals surface area contributed by atoms with Crippen LogP contribution in [0.3, 0.4) is 0 Å². The maximum absolute atomic E-state index is 11.7. The molecule has 1 aromatic heterocycles. The van der Waals surface area contributed by atoms with E-state index < -0.39 is 0 Å². The quantitative estimate of drug-likeness (QED) is 0.402. The number of nitrogens with zero attached hydrogens (tertiary/aromatic N) is 2. The van der Waals surface area contributed by atoms with Crippen molar-refractivity contribution in [1.29, 1.82) is 0 Å². The minimum absolute atomic E-state index is 0.231. The fourth-order valence-corrected chi connectivity index (χ4v) is 4.65. The van der Waals surface area contributed by atoms with Crippen molar-refractivity contribution >= 4 is 33.9 Å². The highest BCUT2D eigenvalue weighted by atomic mass is 32.2. The zero-order valence-corrected chi connectivity index (χ0v) is 19.4. The highest BCUT2D eigenvalue weighted by molar-refractivity contribution is 8.15. The summed E-state index contributed by atoms with van der Waals surface area (Å²) >= 11 is 1.04. The van der Waals surface area contributed by atoms with E-state index in [-0.39, 0.29) is 16.4 Å². The predicted octanol–water partition coefficient (Wildman–Crippen LogP) is 4.63. The molecule has 1 aliphatic rings. The number of carbonyl (C=O) groups is 2. The van der Waals surface area contributed by atoms with Crippen LogP contribution in [0, 0.1) is 0 Å². The minimum Gasteiger partial charge on any atom is -0.489 e. The molecule has 1 fully saturated rings.